The Morgan fingerprint density at radius 1 is 1.38 bits per heavy atom. The van der Waals surface area contributed by atoms with Crippen molar-refractivity contribution in [3.8, 4) is 11.1 Å². The summed E-state index contributed by atoms with van der Waals surface area (Å²) in [5.41, 5.74) is 0.230. The zero-order chi connectivity index (χ0) is 15.1. The first-order valence-electron chi connectivity index (χ1n) is 6.76. The summed E-state index contributed by atoms with van der Waals surface area (Å²) < 4.78 is 2.02. The van der Waals surface area contributed by atoms with E-state index < -0.39 is 5.69 Å². The Bertz CT molecular complexity index is 812. The fourth-order valence-electron chi connectivity index (χ4n) is 2.50. The van der Waals surface area contributed by atoms with Gasteiger partial charge in [-0.2, -0.15) is 0 Å². The molecule has 1 fully saturated rings. The standard InChI is InChI=1S/C15H14BrClN2O2/c1-8-6-9(8)7-19-14(20)12(13(17)18-15(19)21)10-4-2-3-5-11(10)16/h2-5,8-9H,6-7H2,1H3,(H,18,21). The normalized spacial score (nSPS) is 20.5. The van der Waals surface area contributed by atoms with Crippen molar-refractivity contribution in [1.29, 1.82) is 0 Å². The molecule has 21 heavy (non-hydrogen) atoms. The molecule has 1 aromatic carbocycles. The number of benzene rings is 1. The highest BCUT2D eigenvalue weighted by Crippen LogP contribution is 2.38. The first-order valence-corrected chi connectivity index (χ1v) is 7.93. The minimum Gasteiger partial charge on any atom is -0.297 e. The quantitative estimate of drug-likeness (QED) is 0.844. The Kier molecular flexibility index (Phi) is 3.80. The summed E-state index contributed by atoms with van der Waals surface area (Å²) in [5.74, 6) is 0.968. The van der Waals surface area contributed by atoms with Gasteiger partial charge in [0, 0.05) is 16.6 Å². The summed E-state index contributed by atoms with van der Waals surface area (Å²) in [6.07, 6.45) is 1.05. The van der Waals surface area contributed by atoms with Crippen molar-refractivity contribution in [2.24, 2.45) is 11.8 Å². The van der Waals surface area contributed by atoms with Gasteiger partial charge in [0.05, 0.1) is 5.56 Å². The van der Waals surface area contributed by atoms with Crippen LogP contribution in [-0.2, 0) is 6.54 Å². The monoisotopic (exact) mass is 368 g/mol. The van der Waals surface area contributed by atoms with Crippen LogP contribution in [0.3, 0.4) is 0 Å². The van der Waals surface area contributed by atoms with E-state index in [1.165, 1.54) is 4.57 Å². The fraction of sp³-hybridized carbons (Fsp3) is 0.333. The molecule has 0 spiro atoms. The van der Waals surface area contributed by atoms with E-state index in [4.69, 9.17) is 11.6 Å². The summed E-state index contributed by atoms with van der Waals surface area (Å²) in [5, 5.41) is 0.0806. The van der Waals surface area contributed by atoms with Crippen LogP contribution in [0.15, 0.2) is 38.3 Å². The number of aromatic nitrogens is 2. The Morgan fingerprint density at radius 3 is 2.67 bits per heavy atom. The Labute approximate surface area is 134 Å². The van der Waals surface area contributed by atoms with Gasteiger partial charge in [-0.25, -0.2) is 4.79 Å². The van der Waals surface area contributed by atoms with Gasteiger partial charge >= 0.3 is 5.69 Å². The molecular formula is C15H14BrClN2O2. The zero-order valence-electron chi connectivity index (χ0n) is 11.4. The molecule has 1 saturated carbocycles. The van der Waals surface area contributed by atoms with Crippen LogP contribution in [0.2, 0.25) is 5.15 Å². The van der Waals surface area contributed by atoms with Gasteiger partial charge in [-0.1, -0.05) is 52.7 Å². The number of hydrogen-bond acceptors (Lipinski definition) is 2. The molecule has 6 heteroatoms. The van der Waals surface area contributed by atoms with Crippen molar-refractivity contribution in [3.05, 3.63) is 54.7 Å². The summed E-state index contributed by atoms with van der Waals surface area (Å²) in [4.78, 5) is 27.3. The molecule has 1 aliphatic rings. The van der Waals surface area contributed by atoms with E-state index in [9.17, 15) is 9.59 Å². The van der Waals surface area contributed by atoms with Gasteiger partial charge in [0.15, 0.2) is 0 Å². The average Bonchev–Trinajstić information content (AvgIpc) is 3.12. The largest absolute Gasteiger partial charge is 0.329 e. The number of rotatable bonds is 3. The first kappa shape index (κ1) is 14.6. The van der Waals surface area contributed by atoms with Crippen molar-refractivity contribution in [3.63, 3.8) is 0 Å². The molecule has 0 amide bonds. The van der Waals surface area contributed by atoms with Gasteiger partial charge in [-0.3, -0.25) is 14.3 Å². The molecule has 1 aromatic heterocycles. The van der Waals surface area contributed by atoms with E-state index in [0.717, 1.165) is 10.9 Å². The molecule has 1 N–H and O–H groups in total. The predicted octanol–water partition coefficient (Wildman–Crippen LogP) is 3.28. The highest BCUT2D eigenvalue weighted by molar-refractivity contribution is 9.10. The molecule has 3 rings (SSSR count). The highest BCUT2D eigenvalue weighted by atomic mass is 79.9. The Hall–Kier alpha value is -1.33. The molecule has 0 aliphatic heterocycles. The molecule has 110 valence electrons. The van der Waals surface area contributed by atoms with Crippen molar-refractivity contribution in [1.82, 2.24) is 9.55 Å². The van der Waals surface area contributed by atoms with Crippen LogP contribution in [0.4, 0.5) is 0 Å². The summed E-state index contributed by atoms with van der Waals surface area (Å²) in [6, 6.07) is 7.32. The molecule has 1 aliphatic carbocycles. The third-order valence-electron chi connectivity index (χ3n) is 3.98. The van der Waals surface area contributed by atoms with Crippen LogP contribution in [0, 0.1) is 11.8 Å². The highest BCUT2D eigenvalue weighted by Gasteiger charge is 2.33. The minimum atomic E-state index is -0.445. The lowest BCUT2D eigenvalue weighted by Crippen LogP contribution is -2.37. The van der Waals surface area contributed by atoms with Gasteiger partial charge in [0.1, 0.15) is 5.15 Å². The molecule has 2 unspecified atom stereocenters. The van der Waals surface area contributed by atoms with E-state index in [1.54, 1.807) is 6.07 Å². The number of H-pyrrole nitrogens is 1. The van der Waals surface area contributed by atoms with Gasteiger partial charge in [-0.15, -0.1) is 0 Å². The first-order chi connectivity index (χ1) is 9.99. The fourth-order valence-corrected chi connectivity index (χ4v) is 3.24. The van der Waals surface area contributed by atoms with Gasteiger partial charge < -0.3 is 0 Å². The Balaban J connectivity index is 2.17. The van der Waals surface area contributed by atoms with Crippen molar-refractivity contribution >= 4 is 27.5 Å². The van der Waals surface area contributed by atoms with Crippen LogP contribution in [0.1, 0.15) is 13.3 Å². The van der Waals surface area contributed by atoms with Crippen molar-refractivity contribution < 1.29 is 0 Å². The third kappa shape index (κ3) is 2.72. The smallest absolute Gasteiger partial charge is 0.297 e. The molecule has 1 heterocycles. The second kappa shape index (κ2) is 5.46. The van der Waals surface area contributed by atoms with Crippen LogP contribution in [-0.4, -0.2) is 9.55 Å². The maximum Gasteiger partial charge on any atom is 0.329 e. The lowest BCUT2D eigenvalue weighted by atomic mass is 10.1. The van der Waals surface area contributed by atoms with Crippen molar-refractivity contribution in [2.45, 2.75) is 19.9 Å². The molecule has 2 aromatic rings. The van der Waals surface area contributed by atoms with Crippen molar-refractivity contribution in [2.75, 3.05) is 0 Å². The molecule has 2 atom stereocenters. The lowest BCUT2D eigenvalue weighted by Gasteiger charge is -2.10. The minimum absolute atomic E-state index is 0.0806. The van der Waals surface area contributed by atoms with E-state index in [0.29, 0.717) is 29.5 Å². The number of nitrogens with one attached hydrogen (secondary N) is 1. The van der Waals surface area contributed by atoms with E-state index in [1.807, 2.05) is 18.2 Å². The van der Waals surface area contributed by atoms with Gasteiger partial charge in [0.2, 0.25) is 0 Å². The summed E-state index contributed by atoms with van der Waals surface area (Å²) in [6.45, 7) is 2.57. The number of nitrogens with zero attached hydrogens (tertiary/aromatic N) is 1. The molecular weight excluding hydrogens is 356 g/mol. The summed E-state index contributed by atoms with van der Waals surface area (Å²) in [7, 11) is 0. The second-order valence-corrected chi connectivity index (χ2v) is 6.72. The topological polar surface area (TPSA) is 54.9 Å². The molecule has 4 nitrogen and oxygen atoms in total. The van der Waals surface area contributed by atoms with E-state index in [-0.39, 0.29) is 10.7 Å². The zero-order valence-corrected chi connectivity index (χ0v) is 13.7. The lowest BCUT2D eigenvalue weighted by molar-refractivity contribution is 0.552. The van der Waals surface area contributed by atoms with Gasteiger partial charge in [-0.05, 0) is 24.3 Å². The van der Waals surface area contributed by atoms with Gasteiger partial charge in [0.25, 0.3) is 5.56 Å². The van der Waals surface area contributed by atoms with Crippen LogP contribution in [0.5, 0.6) is 0 Å². The summed E-state index contributed by atoms with van der Waals surface area (Å²) >= 11 is 9.52. The third-order valence-corrected chi connectivity index (χ3v) is 4.95. The maximum absolute atomic E-state index is 12.7. The molecule has 0 saturated heterocycles. The van der Waals surface area contributed by atoms with Crippen LogP contribution >= 0.6 is 27.5 Å². The second-order valence-electron chi connectivity index (χ2n) is 5.49. The number of halogens is 2. The predicted molar refractivity (Wildman–Crippen MR) is 86.7 cm³/mol. The van der Waals surface area contributed by atoms with E-state index >= 15 is 0 Å². The van der Waals surface area contributed by atoms with Crippen LogP contribution < -0.4 is 11.2 Å². The maximum atomic E-state index is 12.7. The average molecular weight is 370 g/mol. The van der Waals surface area contributed by atoms with E-state index in [2.05, 4.69) is 27.8 Å². The molecule has 0 radical (unpaired) electrons. The number of hydrogen-bond donors (Lipinski definition) is 1. The Morgan fingerprint density at radius 2 is 2.05 bits per heavy atom. The SMILES string of the molecule is CC1CC1Cn1c(=O)[nH]c(Cl)c(-c2ccccc2Br)c1=O. The number of aromatic amines is 1. The van der Waals surface area contributed by atoms with Crippen LogP contribution in [0.25, 0.3) is 11.1 Å². The molecule has 0 bridgehead atoms.